The van der Waals surface area contributed by atoms with Gasteiger partial charge in [-0.2, -0.15) is 0 Å². The quantitative estimate of drug-likeness (QED) is 0.0169. The van der Waals surface area contributed by atoms with Crippen LogP contribution in [0.4, 0.5) is 0 Å². The molecule has 0 aliphatic carbocycles. The number of allylic oxidation sites excluding steroid dienone is 4. The Bertz CT molecular complexity index is 1990. The second kappa shape index (κ2) is 74.8. The van der Waals surface area contributed by atoms with Crippen LogP contribution in [0.15, 0.2) is 24.3 Å². The molecular formula is C81H154O17P2. The molecule has 0 saturated carbocycles. The molecule has 0 aromatic rings. The maximum Gasteiger partial charge on any atom is 0.472 e. The molecule has 0 aliphatic heterocycles. The molecule has 0 heterocycles. The third-order valence-electron chi connectivity index (χ3n) is 18.4. The van der Waals surface area contributed by atoms with Gasteiger partial charge in [-0.1, -0.05) is 354 Å². The van der Waals surface area contributed by atoms with Crippen LogP contribution in [0.25, 0.3) is 0 Å². The molecule has 0 amide bonds. The van der Waals surface area contributed by atoms with E-state index in [4.69, 9.17) is 37.0 Å². The van der Waals surface area contributed by atoms with E-state index in [9.17, 15) is 43.2 Å². The van der Waals surface area contributed by atoms with Gasteiger partial charge in [0.05, 0.1) is 26.4 Å². The van der Waals surface area contributed by atoms with Crippen LogP contribution >= 0.6 is 15.6 Å². The van der Waals surface area contributed by atoms with Crippen LogP contribution in [0.2, 0.25) is 0 Å². The SMILES string of the molecule is CCCCC/C=C\C/C=C\CCCCCCCC(=O)OC[C@H](COP(=O)(O)OC[C@H](O)COP(=O)(O)OC[C@@H](COC(=O)CCCCCCCCCCCCCCCCC)OC(=O)CCCCCCCCCCCCCCCCC)OC(=O)CCCCCCCCCCCCCCCCC. The van der Waals surface area contributed by atoms with E-state index in [1.54, 1.807) is 0 Å². The van der Waals surface area contributed by atoms with Crippen molar-refractivity contribution in [3.05, 3.63) is 24.3 Å². The first-order valence-electron chi connectivity index (χ1n) is 41.6. The zero-order valence-electron chi connectivity index (χ0n) is 64.7. The smallest absolute Gasteiger partial charge is 0.462 e. The fourth-order valence-electron chi connectivity index (χ4n) is 12.1. The molecule has 19 heteroatoms. The Morgan fingerprint density at radius 1 is 0.280 bits per heavy atom. The minimum absolute atomic E-state index is 0.102. The molecule has 0 spiro atoms. The van der Waals surface area contributed by atoms with Crippen LogP contribution in [0, 0.1) is 0 Å². The van der Waals surface area contributed by atoms with Crippen molar-refractivity contribution in [2.24, 2.45) is 0 Å². The number of aliphatic hydroxyl groups excluding tert-OH is 1. The fraction of sp³-hybridized carbons (Fsp3) is 0.901. The molecule has 0 bridgehead atoms. The number of aliphatic hydroxyl groups is 1. The Morgan fingerprint density at radius 3 is 0.760 bits per heavy atom. The number of esters is 4. The number of rotatable bonds is 80. The van der Waals surface area contributed by atoms with Crippen LogP contribution in [0.5, 0.6) is 0 Å². The molecule has 0 radical (unpaired) electrons. The van der Waals surface area contributed by atoms with Gasteiger partial charge in [-0.05, 0) is 57.8 Å². The van der Waals surface area contributed by atoms with E-state index in [0.29, 0.717) is 25.7 Å². The van der Waals surface area contributed by atoms with E-state index in [1.165, 1.54) is 218 Å². The maximum absolute atomic E-state index is 13.1. The summed E-state index contributed by atoms with van der Waals surface area (Å²) in [4.78, 5) is 73.1. The summed E-state index contributed by atoms with van der Waals surface area (Å²) in [5.74, 6) is -2.13. The fourth-order valence-corrected chi connectivity index (χ4v) is 13.7. The Kier molecular flexibility index (Phi) is 73.0. The van der Waals surface area contributed by atoms with Gasteiger partial charge >= 0.3 is 39.5 Å². The van der Waals surface area contributed by atoms with E-state index >= 15 is 0 Å². The molecular weight excluding hydrogens is 1310 g/mol. The van der Waals surface area contributed by atoms with E-state index in [1.807, 2.05) is 0 Å². The van der Waals surface area contributed by atoms with Gasteiger partial charge in [0, 0.05) is 25.7 Å². The van der Waals surface area contributed by atoms with Crippen molar-refractivity contribution in [2.75, 3.05) is 39.6 Å². The maximum atomic E-state index is 13.1. The zero-order chi connectivity index (χ0) is 73.2. The van der Waals surface area contributed by atoms with E-state index in [2.05, 4.69) is 52.0 Å². The summed E-state index contributed by atoms with van der Waals surface area (Å²) < 4.78 is 68.7. The molecule has 3 N–H and O–H groups in total. The molecule has 5 atom stereocenters. The summed E-state index contributed by atoms with van der Waals surface area (Å²) in [5.41, 5.74) is 0. The number of ether oxygens (including phenoxy) is 4. The minimum Gasteiger partial charge on any atom is -0.462 e. The molecule has 0 rings (SSSR count). The Hall–Kier alpha value is -2.46. The lowest BCUT2D eigenvalue weighted by atomic mass is 10.0. The van der Waals surface area contributed by atoms with Crippen molar-refractivity contribution in [3.63, 3.8) is 0 Å². The Morgan fingerprint density at radius 2 is 0.490 bits per heavy atom. The van der Waals surface area contributed by atoms with Gasteiger partial charge in [0.2, 0.25) is 0 Å². The lowest BCUT2D eigenvalue weighted by molar-refractivity contribution is -0.161. The van der Waals surface area contributed by atoms with Gasteiger partial charge in [-0.3, -0.25) is 37.3 Å². The molecule has 0 aliphatic rings. The molecule has 0 aromatic carbocycles. The number of carbonyl (C=O) groups is 4. The predicted octanol–water partition coefficient (Wildman–Crippen LogP) is 24.1. The van der Waals surface area contributed by atoms with Gasteiger partial charge in [0.25, 0.3) is 0 Å². The topological polar surface area (TPSA) is 237 Å². The third-order valence-corrected chi connectivity index (χ3v) is 20.4. The van der Waals surface area contributed by atoms with Crippen molar-refractivity contribution < 1.29 is 80.2 Å². The number of phosphoric acid groups is 2. The largest absolute Gasteiger partial charge is 0.472 e. The van der Waals surface area contributed by atoms with Gasteiger partial charge < -0.3 is 33.8 Å². The van der Waals surface area contributed by atoms with Crippen LogP contribution in [-0.2, 0) is 65.4 Å². The highest BCUT2D eigenvalue weighted by atomic mass is 31.2. The van der Waals surface area contributed by atoms with Gasteiger partial charge in [0.15, 0.2) is 12.2 Å². The normalized spacial score (nSPS) is 13.9. The molecule has 0 aromatic heterocycles. The van der Waals surface area contributed by atoms with Crippen molar-refractivity contribution in [2.45, 2.75) is 431 Å². The molecule has 2 unspecified atom stereocenters. The highest BCUT2D eigenvalue weighted by Gasteiger charge is 2.30. The van der Waals surface area contributed by atoms with Gasteiger partial charge in [-0.25, -0.2) is 9.13 Å². The van der Waals surface area contributed by atoms with E-state index in [0.717, 1.165) is 116 Å². The lowest BCUT2D eigenvalue weighted by Crippen LogP contribution is -2.30. The van der Waals surface area contributed by atoms with Crippen LogP contribution in [0.3, 0.4) is 0 Å². The van der Waals surface area contributed by atoms with Crippen molar-refractivity contribution in [3.8, 4) is 0 Å². The van der Waals surface area contributed by atoms with E-state index < -0.39 is 97.5 Å². The van der Waals surface area contributed by atoms with Gasteiger partial charge in [0.1, 0.15) is 19.3 Å². The summed E-state index contributed by atoms with van der Waals surface area (Å²) in [6.07, 6.45) is 69.9. The summed E-state index contributed by atoms with van der Waals surface area (Å²) in [6, 6.07) is 0. The first-order chi connectivity index (χ1) is 48.7. The highest BCUT2D eigenvalue weighted by molar-refractivity contribution is 7.47. The molecule has 0 saturated heterocycles. The van der Waals surface area contributed by atoms with E-state index in [-0.39, 0.29) is 25.7 Å². The monoisotopic (exact) mass is 1460 g/mol. The zero-order valence-corrected chi connectivity index (χ0v) is 66.5. The first-order valence-corrected chi connectivity index (χ1v) is 44.6. The van der Waals surface area contributed by atoms with Gasteiger partial charge in [-0.15, -0.1) is 0 Å². The highest BCUT2D eigenvalue weighted by Crippen LogP contribution is 2.45. The summed E-state index contributed by atoms with van der Waals surface area (Å²) in [7, 11) is -9.93. The van der Waals surface area contributed by atoms with Crippen molar-refractivity contribution in [1.29, 1.82) is 0 Å². The lowest BCUT2D eigenvalue weighted by Gasteiger charge is -2.21. The average molecular weight is 1460 g/mol. The number of unbranched alkanes of at least 4 members (excludes halogenated alkanes) is 50. The minimum atomic E-state index is -4.97. The second-order valence-electron chi connectivity index (χ2n) is 28.4. The Labute approximate surface area is 612 Å². The predicted molar refractivity (Wildman–Crippen MR) is 409 cm³/mol. The molecule has 17 nitrogen and oxygen atoms in total. The van der Waals surface area contributed by atoms with Crippen molar-refractivity contribution in [1.82, 2.24) is 0 Å². The number of hydrogen-bond acceptors (Lipinski definition) is 15. The first kappa shape index (κ1) is 97.5. The number of phosphoric ester groups is 2. The van der Waals surface area contributed by atoms with Crippen molar-refractivity contribution >= 4 is 39.5 Å². The second-order valence-corrected chi connectivity index (χ2v) is 31.4. The number of carbonyl (C=O) groups excluding carboxylic acids is 4. The molecule has 0 fully saturated rings. The number of hydrogen-bond donors (Lipinski definition) is 3. The standard InChI is InChI=1S/C81H154O17P2/c1-5-9-13-17-21-25-29-33-37-41-45-49-53-57-61-65-78(83)91-71-76(97-80(85)67-63-59-55-51-47-43-39-35-31-27-23-19-15-11-7-3)73-95-99(87,88)93-69-75(82)70-94-100(89,90)96-74-77(98-81(86)68-64-60-56-52-48-44-40-36-32-28-24-20-16-12-8-4)72-92-79(84)66-62-58-54-50-46-42-38-34-30-26-22-18-14-10-6-2/h21,25,33,37,75-77,82H,5-20,22-24,26-32,34-36,38-74H2,1-4H3,(H,87,88)(H,89,90)/b25-21-,37-33-/t75-,76+,77+/m0/s1. The van der Waals surface area contributed by atoms with Crippen LogP contribution in [-0.4, -0.2) is 96.7 Å². The third kappa shape index (κ3) is 73.8. The summed E-state index contributed by atoms with van der Waals surface area (Å²) >= 11 is 0. The molecule has 100 heavy (non-hydrogen) atoms. The Balaban J connectivity index is 5.30. The van der Waals surface area contributed by atoms with Crippen LogP contribution in [0.1, 0.15) is 413 Å². The van der Waals surface area contributed by atoms with Crippen LogP contribution < -0.4 is 0 Å². The summed E-state index contributed by atoms with van der Waals surface area (Å²) in [5, 5.41) is 10.6. The molecule has 590 valence electrons. The average Bonchev–Trinajstić information content (AvgIpc) is 1.01. The summed E-state index contributed by atoms with van der Waals surface area (Å²) in [6.45, 7) is 4.97.